The maximum Gasteiger partial charge on any atom is 0.258 e. The molecule has 0 spiro atoms. The Balaban J connectivity index is 1.74. The molecule has 1 amide bonds. The number of rotatable bonds is 8. The van der Waals surface area contributed by atoms with Crippen LogP contribution in [-0.2, 0) is 24.3 Å². The predicted octanol–water partition coefficient (Wildman–Crippen LogP) is 1.59. The zero-order valence-corrected chi connectivity index (χ0v) is 14.8. The minimum Gasteiger partial charge on any atom is -0.484 e. The number of aryl methyl sites for hydroxylation is 1. The number of ether oxygens (including phenoxy) is 1. The van der Waals surface area contributed by atoms with E-state index in [1.165, 1.54) is 16.0 Å². The molecule has 0 bridgehead atoms. The second-order valence-corrected chi connectivity index (χ2v) is 6.26. The molecule has 0 aromatic heterocycles. The second-order valence-electron chi connectivity index (χ2n) is 6.26. The fourth-order valence-corrected chi connectivity index (χ4v) is 2.41. The molecule has 0 aliphatic heterocycles. The Bertz CT molecular complexity index is 634. The molecule has 0 radical (unpaired) electrons. The summed E-state index contributed by atoms with van der Waals surface area (Å²) < 4.78 is 5.50. The Kier molecular flexibility index (Phi) is 6.82. The Hall–Kier alpha value is -2.33. The lowest BCUT2D eigenvalue weighted by molar-refractivity contribution is -0.872. The number of quaternary nitrogens is 1. The van der Waals surface area contributed by atoms with Gasteiger partial charge in [-0.05, 0) is 29.7 Å². The van der Waals surface area contributed by atoms with Crippen molar-refractivity contribution >= 4 is 5.91 Å². The van der Waals surface area contributed by atoms with E-state index >= 15 is 0 Å². The topological polar surface area (TPSA) is 42.8 Å². The molecule has 0 saturated heterocycles. The molecule has 2 N–H and O–H groups in total. The van der Waals surface area contributed by atoms with Crippen molar-refractivity contribution < 1.29 is 14.4 Å². The Morgan fingerprint density at radius 1 is 0.958 bits per heavy atom. The monoisotopic (exact) mass is 327 g/mol. The molecular weight excluding hydrogens is 300 g/mol. The van der Waals surface area contributed by atoms with Crippen LogP contribution in [0.25, 0.3) is 0 Å². The van der Waals surface area contributed by atoms with Crippen LogP contribution in [0.4, 0.5) is 0 Å². The van der Waals surface area contributed by atoms with Gasteiger partial charge in [0, 0.05) is 12.1 Å². The number of nitrogens with one attached hydrogen (secondary N) is 2. The van der Waals surface area contributed by atoms with E-state index in [2.05, 4.69) is 50.6 Å². The largest absolute Gasteiger partial charge is 0.484 e. The van der Waals surface area contributed by atoms with Crippen molar-refractivity contribution in [3.63, 3.8) is 0 Å². The summed E-state index contributed by atoms with van der Waals surface area (Å²) in [6.07, 6.45) is 0.995. The van der Waals surface area contributed by atoms with E-state index in [4.69, 9.17) is 4.74 Å². The van der Waals surface area contributed by atoms with Crippen molar-refractivity contribution in [1.29, 1.82) is 0 Å². The van der Waals surface area contributed by atoms with Gasteiger partial charge in [0.15, 0.2) is 6.61 Å². The zero-order chi connectivity index (χ0) is 17.4. The minimum atomic E-state index is -0.114. The quantitative estimate of drug-likeness (QED) is 0.773. The Morgan fingerprint density at radius 3 is 2.12 bits per heavy atom. The van der Waals surface area contributed by atoms with Crippen LogP contribution in [0.2, 0.25) is 0 Å². The van der Waals surface area contributed by atoms with Crippen LogP contribution in [0.15, 0.2) is 48.5 Å². The summed E-state index contributed by atoms with van der Waals surface area (Å²) in [4.78, 5) is 13.3. The molecule has 0 unspecified atom stereocenters. The molecule has 0 atom stereocenters. The van der Waals surface area contributed by atoms with E-state index in [1.54, 1.807) is 0 Å². The third-order valence-corrected chi connectivity index (χ3v) is 3.77. The smallest absolute Gasteiger partial charge is 0.258 e. The number of hydrogen-bond donors (Lipinski definition) is 2. The molecule has 4 heteroatoms. The highest BCUT2D eigenvalue weighted by molar-refractivity contribution is 5.77. The zero-order valence-electron chi connectivity index (χ0n) is 14.8. The van der Waals surface area contributed by atoms with Gasteiger partial charge in [0.05, 0.1) is 14.1 Å². The number of amides is 1. The SMILES string of the molecule is CCc1ccc(OCC(=O)NCc2ccc(C[NH+](C)C)cc2)cc1. The van der Waals surface area contributed by atoms with Crippen LogP contribution in [0, 0.1) is 0 Å². The highest BCUT2D eigenvalue weighted by atomic mass is 16.5. The average Bonchev–Trinajstić information content (AvgIpc) is 2.59. The van der Waals surface area contributed by atoms with E-state index in [-0.39, 0.29) is 12.5 Å². The molecule has 128 valence electrons. The second kappa shape index (κ2) is 9.08. The van der Waals surface area contributed by atoms with Gasteiger partial charge in [-0.1, -0.05) is 43.3 Å². The summed E-state index contributed by atoms with van der Waals surface area (Å²) in [6.45, 7) is 3.66. The van der Waals surface area contributed by atoms with Crippen molar-refractivity contribution in [2.45, 2.75) is 26.4 Å². The minimum absolute atomic E-state index is 0.0353. The van der Waals surface area contributed by atoms with Gasteiger partial charge in [-0.3, -0.25) is 4.79 Å². The van der Waals surface area contributed by atoms with E-state index in [1.807, 2.05) is 24.3 Å². The highest BCUT2D eigenvalue weighted by Crippen LogP contribution is 2.12. The van der Waals surface area contributed by atoms with Gasteiger partial charge in [-0.25, -0.2) is 0 Å². The van der Waals surface area contributed by atoms with E-state index in [0.717, 1.165) is 24.3 Å². The molecule has 0 fully saturated rings. The molecule has 4 nitrogen and oxygen atoms in total. The Morgan fingerprint density at radius 2 is 1.54 bits per heavy atom. The van der Waals surface area contributed by atoms with Gasteiger partial charge >= 0.3 is 0 Å². The number of hydrogen-bond acceptors (Lipinski definition) is 2. The van der Waals surface area contributed by atoms with Crippen LogP contribution in [0.1, 0.15) is 23.6 Å². The van der Waals surface area contributed by atoms with E-state index < -0.39 is 0 Å². The van der Waals surface area contributed by atoms with Crippen molar-refractivity contribution in [2.75, 3.05) is 20.7 Å². The summed E-state index contributed by atoms with van der Waals surface area (Å²) in [5.74, 6) is 0.606. The normalized spacial score (nSPS) is 10.7. The van der Waals surface area contributed by atoms with Crippen molar-refractivity contribution in [2.24, 2.45) is 0 Å². The summed E-state index contributed by atoms with van der Waals surface area (Å²) in [5, 5.41) is 2.88. The van der Waals surface area contributed by atoms with Crippen LogP contribution in [0.3, 0.4) is 0 Å². The molecule has 2 rings (SSSR count). The molecule has 0 aliphatic rings. The molecule has 0 aliphatic carbocycles. The van der Waals surface area contributed by atoms with Crippen molar-refractivity contribution in [3.8, 4) is 5.75 Å². The molecule has 2 aromatic rings. The molecule has 24 heavy (non-hydrogen) atoms. The third kappa shape index (κ3) is 6.05. The van der Waals surface area contributed by atoms with E-state index in [9.17, 15) is 4.79 Å². The molecule has 0 saturated carbocycles. The fraction of sp³-hybridized carbons (Fsp3) is 0.350. The van der Waals surface area contributed by atoms with Gasteiger partial charge in [-0.2, -0.15) is 0 Å². The molecular formula is C20H27N2O2+. The van der Waals surface area contributed by atoms with Crippen LogP contribution >= 0.6 is 0 Å². The van der Waals surface area contributed by atoms with Crippen molar-refractivity contribution in [3.05, 3.63) is 65.2 Å². The van der Waals surface area contributed by atoms with Crippen molar-refractivity contribution in [1.82, 2.24) is 5.32 Å². The lowest BCUT2D eigenvalue weighted by Gasteiger charge is -2.10. The lowest BCUT2D eigenvalue weighted by atomic mass is 10.1. The summed E-state index contributed by atoms with van der Waals surface area (Å²) in [7, 11) is 4.26. The van der Waals surface area contributed by atoms with Gasteiger partial charge < -0.3 is 15.0 Å². The van der Waals surface area contributed by atoms with Gasteiger partial charge in [-0.15, -0.1) is 0 Å². The Labute approximate surface area is 144 Å². The first-order valence-corrected chi connectivity index (χ1v) is 8.42. The summed E-state index contributed by atoms with van der Waals surface area (Å²) >= 11 is 0. The number of benzene rings is 2. The van der Waals surface area contributed by atoms with Crippen LogP contribution in [0.5, 0.6) is 5.75 Å². The number of carbonyl (C=O) groups excluding carboxylic acids is 1. The summed E-state index contributed by atoms with van der Waals surface area (Å²) in [6, 6.07) is 16.2. The molecule has 0 heterocycles. The maximum atomic E-state index is 11.9. The molecule has 2 aromatic carbocycles. The average molecular weight is 327 g/mol. The third-order valence-electron chi connectivity index (χ3n) is 3.77. The predicted molar refractivity (Wildman–Crippen MR) is 96.1 cm³/mol. The van der Waals surface area contributed by atoms with E-state index in [0.29, 0.717) is 6.54 Å². The van der Waals surface area contributed by atoms with Crippen LogP contribution in [-0.4, -0.2) is 26.6 Å². The first kappa shape index (κ1) is 18.0. The first-order valence-electron chi connectivity index (χ1n) is 8.42. The van der Waals surface area contributed by atoms with Gasteiger partial charge in [0.25, 0.3) is 5.91 Å². The summed E-state index contributed by atoms with van der Waals surface area (Å²) in [5.41, 5.74) is 3.64. The maximum absolute atomic E-state index is 11.9. The first-order chi connectivity index (χ1) is 11.6. The van der Waals surface area contributed by atoms with Gasteiger partial charge in [0.1, 0.15) is 12.3 Å². The van der Waals surface area contributed by atoms with Crippen LogP contribution < -0.4 is 15.0 Å². The van der Waals surface area contributed by atoms with Gasteiger partial charge in [0.2, 0.25) is 0 Å². The fourth-order valence-electron chi connectivity index (χ4n) is 2.41. The lowest BCUT2D eigenvalue weighted by Crippen LogP contribution is -3.04. The highest BCUT2D eigenvalue weighted by Gasteiger charge is 2.04. The standard InChI is InChI=1S/C20H26N2O2/c1-4-16-9-11-19(12-10-16)24-15-20(23)21-13-17-5-7-18(8-6-17)14-22(2)3/h5-12H,4,13-15H2,1-3H3,(H,21,23)/p+1. The number of carbonyl (C=O) groups is 1.